The maximum atomic E-state index is 11.4. The molecule has 1 heterocycles. The SMILES string of the molecule is Cc1c(C(C)NCC(C)S(C)=O)sc2ccccc12. The third kappa shape index (κ3) is 3.25. The van der Waals surface area contributed by atoms with E-state index in [4.69, 9.17) is 0 Å². The molecule has 0 bridgehead atoms. The number of hydrogen-bond acceptors (Lipinski definition) is 3. The number of nitrogens with one attached hydrogen (secondary N) is 1. The predicted molar refractivity (Wildman–Crippen MR) is 86.5 cm³/mol. The Morgan fingerprint density at radius 1 is 1.32 bits per heavy atom. The van der Waals surface area contributed by atoms with Crippen molar-refractivity contribution in [3.8, 4) is 0 Å². The fourth-order valence-corrected chi connectivity index (χ4v) is 3.73. The molecule has 2 nitrogen and oxygen atoms in total. The van der Waals surface area contributed by atoms with Gasteiger partial charge in [-0.1, -0.05) is 18.2 Å². The van der Waals surface area contributed by atoms with Gasteiger partial charge in [-0.25, -0.2) is 0 Å². The Kier molecular flexibility index (Phi) is 4.76. The fourth-order valence-electron chi connectivity index (χ4n) is 2.16. The Balaban J connectivity index is 2.15. The minimum absolute atomic E-state index is 0.192. The van der Waals surface area contributed by atoms with Crippen LogP contribution >= 0.6 is 11.3 Å². The third-order valence-corrected chi connectivity index (χ3v) is 6.31. The molecule has 0 aliphatic rings. The van der Waals surface area contributed by atoms with Crippen LogP contribution < -0.4 is 5.32 Å². The zero-order valence-corrected chi connectivity index (χ0v) is 13.5. The van der Waals surface area contributed by atoms with E-state index in [0.717, 1.165) is 6.54 Å². The molecule has 104 valence electrons. The van der Waals surface area contributed by atoms with Gasteiger partial charge < -0.3 is 5.32 Å². The van der Waals surface area contributed by atoms with E-state index in [2.05, 4.69) is 43.4 Å². The number of benzene rings is 1. The number of thiophene rings is 1. The molecule has 0 fully saturated rings. The molecule has 19 heavy (non-hydrogen) atoms. The van der Waals surface area contributed by atoms with Crippen LogP contribution in [0.2, 0.25) is 0 Å². The summed E-state index contributed by atoms with van der Waals surface area (Å²) in [5.41, 5.74) is 1.37. The molecule has 0 saturated carbocycles. The normalized spacial score (nSPS) is 16.4. The first kappa shape index (κ1) is 14.7. The van der Waals surface area contributed by atoms with E-state index in [0.29, 0.717) is 6.04 Å². The van der Waals surface area contributed by atoms with E-state index in [1.807, 2.05) is 18.3 Å². The Morgan fingerprint density at radius 2 is 2.00 bits per heavy atom. The number of aryl methyl sites for hydroxylation is 1. The molecule has 2 rings (SSSR count). The van der Waals surface area contributed by atoms with E-state index < -0.39 is 10.8 Å². The maximum Gasteiger partial charge on any atom is 0.0441 e. The number of hydrogen-bond donors (Lipinski definition) is 1. The van der Waals surface area contributed by atoms with Gasteiger partial charge in [0.05, 0.1) is 0 Å². The molecule has 0 amide bonds. The van der Waals surface area contributed by atoms with Crippen LogP contribution in [0.4, 0.5) is 0 Å². The van der Waals surface area contributed by atoms with Crippen LogP contribution in [0.5, 0.6) is 0 Å². The van der Waals surface area contributed by atoms with Gasteiger partial charge in [-0.3, -0.25) is 4.21 Å². The van der Waals surface area contributed by atoms with Crippen LogP contribution in [-0.4, -0.2) is 22.3 Å². The van der Waals surface area contributed by atoms with Gasteiger partial charge in [-0.15, -0.1) is 11.3 Å². The number of rotatable bonds is 5. The summed E-state index contributed by atoms with van der Waals surface area (Å²) in [5, 5.41) is 5.04. The molecule has 1 N–H and O–H groups in total. The van der Waals surface area contributed by atoms with Gasteiger partial charge in [0.1, 0.15) is 0 Å². The summed E-state index contributed by atoms with van der Waals surface area (Å²) in [7, 11) is -0.762. The topological polar surface area (TPSA) is 29.1 Å². The summed E-state index contributed by atoms with van der Waals surface area (Å²) >= 11 is 1.85. The van der Waals surface area contributed by atoms with Gasteiger partial charge in [0.25, 0.3) is 0 Å². The second kappa shape index (κ2) is 6.16. The maximum absolute atomic E-state index is 11.4. The van der Waals surface area contributed by atoms with Gasteiger partial charge in [0.15, 0.2) is 0 Å². The summed E-state index contributed by atoms with van der Waals surface area (Å²) in [6.07, 6.45) is 1.77. The van der Waals surface area contributed by atoms with Gasteiger partial charge in [-0.05, 0) is 37.8 Å². The molecule has 0 radical (unpaired) electrons. The minimum atomic E-state index is -0.762. The number of fused-ring (bicyclic) bond motifs is 1. The van der Waals surface area contributed by atoms with Crippen LogP contribution in [-0.2, 0) is 10.8 Å². The van der Waals surface area contributed by atoms with E-state index in [9.17, 15) is 4.21 Å². The average Bonchev–Trinajstić information content (AvgIpc) is 2.73. The van der Waals surface area contributed by atoms with Crippen molar-refractivity contribution in [3.05, 3.63) is 34.7 Å². The second-order valence-corrected chi connectivity index (χ2v) is 7.91. The Hall–Kier alpha value is -0.710. The summed E-state index contributed by atoms with van der Waals surface area (Å²) in [6.45, 7) is 7.18. The molecule has 1 aromatic heterocycles. The van der Waals surface area contributed by atoms with Crippen molar-refractivity contribution < 1.29 is 4.21 Å². The van der Waals surface area contributed by atoms with Crippen molar-refractivity contribution in [2.45, 2.75) is 32.1 Å². The molecule has 0 spiro atoms. The van der Waals surface area contributed by atoms with Gasteiger partial charge >= 0.3 is 0 Å². The zero-order valence-electron chi connectivity index (χ0n) is 11.9. The van der Waals surface area contributed by atoms with E-state index in [1.54, 1.807) is 6.26 Å². The van der Waals surface area contributed by atoms with E-state index in [-0.39, 0.29) is 5.25 Å². The molecular formula is C15H21NOS2. The van der Waals surface area contributed by atoms with E-state index >= 15 is 0 Å². The summed E-state index contributed by atoms with van der Waals surface area (Å²) < 4.78 is 12.7. The average molecular weight is 295 g/mol. The third-order valence-electron chi connectivity index (χ3n) is 3.55. The molecule has 1 aromatic carbocycles. The molecule has 4 heteroatoms. The van der Waals surface area contributed by atoms with Crippen molar-refractivity contribution in [1.29, 1.82) is 0 Å². The summed E-state index contributed by atoms with van der Waals surface area (Å²) in [4.78, 5) is 1.38. The lowest BCUT2D eigenvalue weighted by Gasteiger charge is -2.16. The quantitative estimate of drug-likeness (QED) is 0.912. The monoisotopic (exact) mass is 295 g/mol. The molecule has 0 aliphatic heterocycles. The first-order chi connectivity index (χ1) is 9.00. The Bertz CT molecular complexity index is 591. The van der Waals surface area contributed by atoms with Gasteiger partial charge in [0.2, 0.25) is 0 Å². The fraction of sp³-hybridized carbons (Fsp3) is 0.467. The molecule has 2 aromatic rings. The van der Waals surface area contributed by atoms with Crippen LogP contribution in [0.15, 0.2) is 24.3 Å². The van der Waals surface area contributed by atoms with Crippen LogP contribution in [0.3, 0.4) is 0 Å². The van der Waals surface area contributed by atoms with E-state index in [1.165, 1.54) is 20.5 Å². The van der Waals surface area contributed by atoms with Crippen LogP contribution in [0.25, 0.3) is 10.1 Å². The molecular weight excluding hydrogens is 274 g/mol. The van der Waals surface area contributed by atoms with Gasteiger partial charge in [-0.2, -0.15) is 0 Å². The highest BCUT2D eigenvalue weighted by Gasteiger charge is 2.15. The van der Waals surface area contributed by atoms with Crippen molar-refractivity contribution in [2.75, 3.05) is 12.8 Å². The van der Waals surface area contributed by atoms with Crippen LogP contribution in [0, 0.1) is 6.92 Å². The largest absolute Gasteiger partial charge is 0.308 e. The van der Waals surface area contributed by atoms with Crippen LogP contribution in [0.1, 0.15) is 30.3 Å². The standard InChI is InChI=1S/C15H21NOS2/c1-10(19(4)17)9-16-12(3)15-11(2)13-7-5-6-8-14(13)18-15/h5-8,10,12,16H,9H2,1-4H3. The lowest BCUT2D eigenvalue weighted by Crippen LogP contribution is -2.29. The highest BCUT2D eigenvalue weighted by atomic mass is 32.2. The highest BCUT2D eigenvalue weighted by molar-refractivity contribution is 7.84. The molecule has 3 unspecified atom stereocenters. The second-order valence-electron chi connectivity index (χ2n) is 5.03. The lowest BCUT2D eigenvalue weighted by atomic mass is 10.1. The molecule has 0 aliphatic carbocycles. The lowest BCUT2D eigenvalue weighted by molar-refractivity contribution is 0.574. The van der Waals surface area contributed by atoms with Crippen molar-refractivity contribution >= 4 is 32.2 Å². The Labute approximate surface area is 121 Å². The first-order valence-electron chi connectivity index (χ1n) is 6.54. The van der Waals surface area contributed by atoms with Crippen molar-refractivity contribution in [1.82, 2.24) is 5.32 Å². The van der Waals surface area contributed by atoms with Crippen molar-refractivity contribution in [3.63, 3.8) is 0 Å². The molecule has 3 atom stereocenters. The first-order valence-corrected chi connectivity index (χ1v) is 8.98. The van der Waals surface area contributed by atoms with Gasteiger partial charge in [0, 0.05) is 44.5 Å². The minimum Gasteiger partial charge on any atom is -0.308 e. The smallest absolute Gasteiger partial charge is 0.0441 e. The summed E-state index contributed by atoms with van der Waals surface area (Å²) in [6, 6.07) is 8.84. The Morgan fingerprint density at radius 3 is 2.63 bits per heavy atom. The highest BCUT2D eigenvalue weighted by Crippen LogP contribution is 2.34. The predicted octanol–water partition coefficient (Wildman–Crippen LogP) is 3.63. The van der Waals surface area contributed by atoms with Crippen molar-refractivity contribution in [2.24, 2.45) is 0 Å². The molecule has 0 saturated heterocycles. The zero-order chi connectivity index (χ0) is 14.0. The summed E-state index contributed by atoms with van der Waals surface area (Å²) in [5.74, 6) is 0.